The fourth-order valence-electron chi connectivity index (χ4n) is 2.44. The first-order valence-corrected chi connectivity index (χ1v) is 8.94. The third-order valence-corrected chi connectivity index (χ3v) is 4.52. The first kappa shape index (κ1) is 20.0. The summed E-state index contributed by atoms with van der Waals surface area (Å²) in [5.41, 5.74) is 0.468. The van der Waals surface area contributed by atoms with Crippen molar-refractivity contribution < 1.29 is 19.4 Å². The van der Waals surface area contributed by atoms with Crippen LogP contribution in [0.25, 0.3) is 0 Å². The van der Waals surface area contributed by atoms with Crippen LogP contribution in [0.5, 0.6) is 5.75 Å². The third-order valence-electron chi connectivity index (χ3n) is 4.27. The van der Waals surface area contributed by atoms with E-state index in [4.69, 9.17) is 21.4 Å². The quantitative estimate of drug-likeness (QED) is 0.482. The number of rotatable bonds is 9. The maximum absolute atomic E-state index is 12.4. The van der Waals surface area contributed by atoms with E-state index in [2.05, 4.69) is 0 Å². The van der Waals surface area contributed by atoms with Crippen molar-refractivity contribution in [3.63, 3.8) is 0 Å². The highest BCUT2D eigenvalue weighted by Crippen LogP contribution is 2.23. The van der Waals surface area contributed by atoms with Crippen molar-refractivity contribution in [2.24, 2.45) is 5.41 Å². The van der Waals surface area contributed by atoms with Crippen LogP contribution in [-0.2, 0) is 4.79 Å². The van der Waals surface area contributed by atoms with Gasteiger partial charge < -0.3 is 9.84 Å². The van der Waals surface area contributed by atoms with Crippen LogP contribution in [0.4, 0.5) is 0 Å². The van der Waals surface area contributed by atoms with Crippen LogP contribution < -0.4 is 4.74 Å². The van der Waals surface area contributed by atoms with Crippen molar-refractivity contribution in [2.45, 2.75) is 33.1 Å². The van der Waals surface area contributed by atoms with Gasteiger partial charge in [0.25, 0.3) is 0 Å². The van der Waals surface area contributed by atoms with Crippen LogP contribution in [0.2, 0.25) is 5.02 Å². The Labute approximate surface area is 158 Å². The normalized spacial score (nSPS) is 11.2. The number of benzene rings is 2. The van der Waals surface area contributed by atoms with Gasteiger partial charge in [-0.05, 0) is 81.6 Å². The Kier molecular flexibility index (Phi) is 6.81. The van der Waals surface area contributed by atoms with Gasteiger partial charge >= 0.3 is 5.97 Å². The van der Waals surface area contributed by atoms with Crippen molar-refractivity contribution >= 4 is 23.4 Å². The smallest absolute Gasteiger partial charge is 0.309 e. The molecule has 0 heterocycles. The van der Waals surface area contributed by atoms with E-state index >= 15 is 0 Å². The summed E-state index contributed by atoms with van der Waals surface area (Å²) in [6.45, 7) is 3.97. The summed E-state index contributed by atoms with van der Waals surface area (Å²) < 4.78 is 5.66. The van der Waals surface area contributed by atoms with Crippen molar-refractivity contribution in [2.75, 3.05) is 6.61 Å². The molecule has 0 atom stereocenters. The molecule has 0 aliphatic rings. The molecule has 26 heavy (non-hydrogen) atoms. The number of hydrogen-bond acceptors (Lipinski definition) is 3. The van der Waals surface area contributed by atoms with Crippen molar-refractivity contribution in [3.05, 3.63) is 64.7 Å². The fourth-order valence-corrected chi connectivity index (χ4v) is 2.56. The molecule has 2 aromatic rings. The molecule has 2 aromatic carbocycles. The molecule has 2 rings (SSSR count). The molecule has 0 saturated carbocycles. The van der Waals surface area contributed by atoms with E-state index in [-0.39, 0.29) is 5.78 Å². The molecular formula is C21H23ClO4. The van der Waals surface area contributed by atoms with E-state index in [1.165, 1.54) is 0 Å². The third kappa shape index (κ3) is 5.60. The van der Waals surface area contributed by atoms with Crippen LogP contribution >= 0.6 is 11.6 Å². The van der Waals surface area contributed by atoms with Crippen LogP contribution in [0.1, 0.15) is 49.0 Å². The molecule has 1 N–H and O–H groups in total. The Balaban J connectivity index is 1.81. The van der Waals surface area contributed by atoms with Crippen LogP contribution in [0, 0.1) is 5.41 Å². The average Bonchev–Trinajstić information content (AvgIpc) is 2.62. The van der Waals surface area contributed by atoms with E-state index in [1.54, 1.807) is 62.4 Å². The number of carboxylic acid groups (broad SMARTS) is 1. The minimum Gasteiger partial charge on any atom is -0.494 e. The van der Waals surface area contributed by atoms with Gasteiger partial charge in [0.05, 0.1) is 12.0 Å². The zero-order chi connectivity index (χ0) is 19.2. The summed E-state index contributed by atoms with van der Waals surface area (Å²) in [5, 5.41) is 9.67. The lowest BCUT2D eigenvalue weighted by molar-refractivity contribution is -0.147. The molecule has 138 valence electrons. The molecule has 0 unspecified atom stereocenters. The zero-order valence-corrected chi connectivity index (χ0v) is 15.8. The molecule has 0 spiro atoms. The first-order valence-electron chi connectivity index (χ1n) is 8.56. The summed E-state index contributed by atoms with van der Waals surface area (Å²) in [6, 6.07) is 13.8. The van der Waals surface area contributed by atoms with Gasteiger partial charge in [-0.3, -0.25) is 9.59 Å². The second-order valence-electron chi connectivity index (χ2n) is 6.85. The number of ketones is 1. The minimum atomic E-state index is -0.778. The van der Waals surface area contributed by atoms with Crippen molar-refractivity contribution in [1.82, 2.24) is 0 Å². The largest absolute Gasteiger partial charge is 0.494 e. The highest BCUT2D eigenvalue weighted by Gasteiger charge is 2.25. The second-order valence-corrected chi connectivity index (χ2v) is 7.29. The molecule has 4 nitrogen and oxygen atoms in total. The summed E-state index contributed by atoms with van der Waals surface area (Å²) in [5.74, 6) is -0.154. The maximum atomic E-state index is 12.4. The number of halogens is 1. The molecule has 0 aromatic heterocycles. The first-order chi connectivity index (χ1) is 12.3. The summed E-state index contributed by atoms with van der Waals surface area (Å²) >= 11 is 5.84. The lowest BCUT2D eigenvalue weighted by Gasteiger charge is -2.18. The van der Waals surface area contributed by atoms with Gasteiger partial charge in [0.2, 0.25) is 0 Å². The Bertz CT molecular complexity index is 749. The van der Waals surface area contributed by atoms with Gasteiger partial charge in [-0.2, -0.15) is 0 Å². The molecular weight excluding hydrogens is 352 g/mol. The predicted molar refractivity (Wildman–Crippen MR) is 102 cm³/mol. The van der Waals surface area contributed by atoms with Crippen LogP contribution in [0.15, 0.2) is 48.5 Å². The van der Waals surface area contributed by atoms with Crippen molar-refractivity contribution in [3.8, 4) is 5.75 Å². The second kappa shape index (κ2) is 8.86. The lowest BCUT2D eigenvalue weighted by Crippen LogP contribution is -2.23. The molecule has 0 saturated heterocycles. The van der Waals surface area contributed by atoms with Gasteiger partial charge in [0.1, 0.15) is 5.75 Å². The molecule has 0 aliphatic heterocycles. The maximum Gasteiger partial charge on any atom is 0.309 e. The monoisotopic (exact) mass is 374 g/mol. The Morgan fingerprint density at radius 3 is 2.04 bits per heavy atom. The number of carbonyl (C=O) groups is 2. The van der Waals surface area contributed by atoms with Gasteiger partial charge in [0.15, 0.2) is 5.78 Å². The average molecular weight is 375 g/mol. The lowest BCUT2D eigenvalue weighted by atomic mass is 9.87. The molecule has 0 amide bonds. The molecule has 0 fully saturated rings. The molecule has 0 radical (unpaired) electrons. The Morgan fingerprint density at radius 2 is 1.50 bits per heavy atom. The van der Waals surface area contributed by atoms with E-state index in [0.29, 0.717) is 34.9 Å². The molecule has 5 heteroatoms. The number of unbranched alkanes of at least 4 members (excludes halogenated alkanes) is 1. The standard InChI is InChI=1S/C21H23ClO4/c1-21(2,20(24)25)13-3-4-14-26-18-11-7-16(8-12-18)19(23)15-5-9-17(22)10-6-15/h5-12H,3-4,13-14H2,1-2H3,(H,24,25). The summed E-state index contributed by atoms with van der Waals surface area (Å²) in [6.07, 6.45) is 2.18. The van der Waals surface area contributed by atoms with E-state index in [0.717, 1.165) is 12.8 Å². The predicted octanol–water partition coefficient (Wildman–Crippen LogP) is 5.23. The van der Waals surface area contributed by atoms with E-state index in [9.17, 15) is 9.59 Å². The van der Waals surface area contributed by atoms with Gasteiger partial charge in [-0.1, -0.05) is 11.6 Å². The van der Waals surface area contributed by atoms with E-state index < -0.39 is 11.4 Å². The number of carbonyl (C=O) groups excluding carboxylic acids is 1. The Morgan fingerprint density at radius 1 is 0.962 bits per heavy atom. The minimum absolute atomic E-state index is 0.0656. The van der Waals surface area contributed by atoms with Gasteiger partial charge in [-0.25, -0.2) is 0 Å². The van der Waals surface area contributed by atoms with Gasteiger partial charge in [0, 0.05) is 16.1 Å². The summed E-state index contributed by atoms with van der Waals surface area (Å²) in [4.78, 5) is 23.4. The number of aliphatic carboxylic acids is 1. The molecule has 0 aliphatic carbocycles. The topological polar surface area (TPSA) is 63.6 Å². The zero-order valence-electron chi connectivity index (χ0n) is 15.0. The van der Waals surface area contributed by atoms with E-state index in [1.807, 2.05) is 0 Å². The highest BCUT2D eigenvalue weighted by molar-refractivity contribution is 6.30. The molecule has 0 bridgehead atoms. The number of ether oxygens (including phenoxy) is 1. The van der Waals surface area contributed by atoms with Gasteiger partial charge in [-0.15, -0.1) is 0 Å². The number of carboxylic acids is 1. The van der Waals surface area contributed by atoms with Crippen LogP contribution in [0.3, 0.4) is 0 Å². The van der Waals surface area contributed by atoms with Crippen LogP contribution in [-0.4, -0.2) is 23.5 Å². The fraction of sp³-hybridized carbons (Fsp3) is 0.333. The van der Waals surface area contributed by atoms with Crippen molar-refractivity contribution in [1.29, 1.82) is 0 Å². The number of hydrogen-bond donors (Lipinski definition) is 1. The Hall–Kier alpha value is -2.33. The summed E-state index contributed by atoms with van der Waals surface area (Å²) in [7, 11) is 0. The highest BCUT2D eigenvalue weighted by atomic mass is 35.5. The SMILES string of the molecule is CC(C)(CCCCOc1ccc(C(=O)c2ccc(Cl)cc2)cc1)C(=O)O.